The van der Waals surface area contributed by atoms with Crippen LogP contribution in [0.3, 0.4) is 0 Å². The number of aromatic nitrogens is 6. The molecule has 1 aliphatic heterocycles. The van der Waals surface area contributed by atoms with Crippen molar-refractivity contribution in [3.8, 4) is 11.3 Å². The summed E-state index contributed by atoms with van der Waals surface area (Å²) in [7, 11) is 0. The Labute approximate surface area is 241 Å². The molecule has 0 spiro atoms. The maximum Gasteiger partial charge on any atom is 0.246 e. The quantitative estimate of drug-likeness (QED) is 0.247. The molecule has 1 unspecified atom stereocenters. The summed E-state index contributed by atoms with van der Waals surface area (Å²) in [5.74, 6) is 1.21. The second-order valence-corrected chi connectivity index (χ2v) is 11.6. The van der Waals surface area contributed by atoms with Crippen molar-refractivity contribution in [3.05, 3.63) is 71.5 Å². The largest absolute Gasteiger partial charge is 0.328 e. The summed E-state index contributed by atoms with van der Waals surface area (Å²) >= 11 is 7.45. The van der Waals surface area contributed by atoms with Crippen molar-refractivity contribution < 1.29 is 4.79 Å². The number of aryl methyl sites for hydroxylation is 1. The van der Waals surface area contributed by atoms with Crippen LogP contribution in [-0.4, -0.2) is 52.4 Å². The number of carbonyl (C=O) groups excluding carboxylic acids is 1. The van der Waals surface area contributed by atoms with E-state index in [-0.39, 0.29) is 12.5 Å². The number of hydrogen-bond donors (Lipinski definition) is 2. The molecule has 206 valence electrons. The van der Waals surface area contributed by atoms with Crippen molar-refractivity contribution in [2.75, 3.05) is 23.7 Å². The average Bonchev–Trinajstić information content (AvgIpc) is 3.64. The summed E-state index contributed by atoms with van der Waals surface area (Å²) in [5, 5.41) is 12.2. The molecule has 1 amide bonds. The average molecular weight is 576 g/mol. The molecule has 4 aromatic heterocycles. The Kier molecular flexibility index (Phi) is 7.50. The van der Waals surface area contributed by atoms with E-state index in [0.717, 1.165) is 53.2 Å². The van der Waals surface area contributed by atoms with Crippen molar-refractivity contribution in [1.29, 1.82) is 0 Å². The Morgan fingerprint density at radius 3 is 2.98 bits per heavy atom. The molecule has 5 aromatic rings. The van der Waals surface area contributed by atoms with Crippen molar-refractivity contribution in [1.82, 2.24) is 33.4 Å². The molecule has 0 radical (unpaired) electrons. The lowest BCUT2D eigenvalue weighted by molar-refractivity contribution is -0.116. The normalized spacial score (nSPS) is 15.9. The van der Waals surface area contributed by atoms with Gasteiger partial charge in [0.1, 0.15) is 11.5 Å². The first kappa shape index (κ1) is 26.4. The number of halogens is 1. The smallest absolute Gasteiger partial charge is 0.246 e. The summed E-state index contributed by atoms with van der Waals surface area (Å²) < 4.78 is 8.27. The number of amides is 1. The molecule has 6 rings (SSSR count). The van der Waals surface area contributed by atoms with Crippen LogP contribution < -0.4 is 10.6 Å². The van der Waals surface area contributed by atoms with Crippen LogP contribution in [0.25, 0.3) is 16.9 Å². The van der Waals surface area contributed by atoms with Gasteiger partial charge in [-0.15, -0.1) is 0 Å². The van der Waals surface area contributed by atoms with Crippen LogP contribution in [0.1, 0.15) is 31.2 Å². The van der Waals surface area contributed by atoms with Crippen LogP contribution in [0, 0.1) is 12.8 Å². The van der Waals surface area contributed by atoms with E-state index in [1.807, 2.05) is 23.7 Å². The number of fused-ring (bicyclic) bond motifs is 1. The molecule has 40 heavy (non-hydrogen) atoms. The van der Waals surface area contributed by atoms with E-state index in [0.29, 0.717) is 22.2 Å². The third kappa shape index (κ3) is 6.01. The third-order valence-corrected chi connectivity index (χ3v) is 7.86. The molecule has 1 fully saturated rings. The minimum atomic E-state index is -0.194. The van der Waals surface area contributed by atoms with E-state index in [1.54, 1.807) is 41.3 Å². The Hall–Kier alpha value is -3.80. The van der Waals surface area contributed by atoms with Gasteiger partial charge in [-0.3, -0.25) is 18.8 Å². The fraction of sp³-hybridized carbons (Fsp3) is 0.321. The van der Waals surface area contributed by atoms with Gasteiger partial charge in [-0.1, -0.05) is 24.6 Å². The van der Waals surface area contributed by atoms with Crippen LogP contribution in [0.5, 0.6) is 0 Å². The van der Waals surface area contributed by atoms with Gasteiger partial charge in [0.25, 0.3) is 0 Å². The highest BCUT2D eigenvalue weighted by Gasteiger charge is 2.19. The predicted octanol–water partition coefficient (Wildman–Crippen LogP) is 5.63. The predicted molar refractivity (Wildman–Crippen MR) is 158 cm³/mol. The van der Waals surface area contributed by atoms with Gasteiger partial charge in [-0.25, -0.2) is 9.97 Å². The number of anilines is 3. The topological polar surface area (TPSA) is 105 Å². The molecule has 0 aliphatic carbocycles. The highest BCUT2D eigenvalue weighted by Crippen LogP contribution is 2.28. The Morgan fingerprint density at radius 1 is 1.23 bits per heavy atom. The standard InChI is InChI=1S/C28H30ClN9OS/c1-18-5-4-8-36(13-18)16-23-10-26(40-35-23)34-27-28-30-12-24(38(28)14-19(2)32-27)20-11-31-37(15-20)17-25(39)33-22-7-3-6-21(29)9-22/h3,6-7,9-12,14-15,18H,4-5,8,13,16-17H2,1-2H3,(H,32,34)(H,33,39). The lowest BCUT2D eigenvalue weighted by Crippen LogP contribution is -2.33. The van der Waals surface area contributed by atoms with E-state index in [4.69, 9.17) is 16.6 Å². The maximum absolute atomic E-state index is 12.5. The van der Waals surface area contributed by atoms with Crippen molar-refractivity contribution in [2.24, 2.45) is 5.92 Å². The number of likely N-dealkylation sites (tertiary alicyclic amines) is 1. The number of hydrogen-bond acceptors (Lipinski definition) is 8. The zero-order valence-corrected chi connectivity index (χ0v) is 23.9. The van der Waals surface area contributed by atoms with Crippen LogP contribution in [0.15, 0.2) is 55.1 Å². The molecule has 1 saturated heterocycles. The second kappa shape index (κ2) is 11.4. The van der Waals surface area contributed by atoms with E-state index >= 15 is 0 Å². The van der Waals surface area contributed by atoms with Gasteiger partial charge in [0, 0.05) is 41.8 Å². The summed E-state index contributed by atoms with van der Waals surface area (Å²) in [6, 6.07) is 9.15. The van der Waals surface area contributed by atoms with Gasteiger partial charge in [-0.2, -0.15) is 9.47 Å². The van der Waals surface area contributed by atoms with Crippen LogP contribution in [0.2, 0.25) is 5.02 Å². The van der Waals surface area contributed by atoms with E-state index < -0.39 is 0 Å². The molecule has 0 saturated carbocycles. The van der Waals surface area contributed by atoms with Gasteiger partial charge in [0.05, 0.1) is 29.5 Å². The van der Waals surface area contributed by atoms with Gasteiger partial charge < -0.3 is 10.6 Å². The number of piperidine rings is 1. The van der Waals surface area contributed by atoms with E-state index in [1.165, 1.54) is 24.4 Å². The zero-order valence-electron chi connectivity index (χ0n) is 22.3. The molecule has 2 N–H and O–H groups in total. The Balaban J connectivity index is 1.17. The van der Waals surface area contributed by atoms with Gasteiger partial charge in [0.2, 0.25) is 5.91 Å². The monoisotopic (exact) mass is 575 g/mol. The van der Waals surface area contributed by atoms with E-state index in [2.05, 4.69) is 43.0 Å². The first-order valence-corrected chi connectivity index (χ1v) is 14.4. The molecule has 1 aliphatic rings. The van der Waals surface area contributed by atoms with E-state index in [9.17, 15) is 4.79 Å². The molecule has 12 heteroatoms. The molecular formula is C28H30ClN9OS. The van der Waals surface area contributed by atoms with Crippen molar-refractivity contribution in [2.45, 2.75) is 39.8 Å². The van der Waals surface area contributed by atoms with Gasteiger partial charge in [0.15, 0.2) is 11.5 Å². The number of rotatable bonds is 8. The molecule has 10 nitrogen and oxygen atoms in total. The summed E-state index contributed by atoms with van der Waals surface area (Å²) in [6.45, 7) is 7.46. The molecule has 5 heterocycles. The van der Waals surface area contributed by atoms with Gasteiger partial charge >= 0.3 is 0 Å². The summed E-state index contributed by atoms with van der Waals surface area (Å²) in [6.07, 6.45) is 9.86. The summed E-state index contributed by atoms with van der Waals surface area (Å²) in [5.41, 5.74) is 4.95. The van der Waals surface area contributed by atoms with Crippen LogP contribution in [-0.2, 0) is 17.9 Å². The highest BCUT2D eigenvalue weighted by molar-refractivity contribution is 7.10. The first-order chi connectivity index (χ1) is 19.4. The van der Waals surface area contributed by atoms with Crippen molar-refractivity contribution >= 4 is 51.2 Å². The molecule has 1 aromatic carbocycles. The van der Waals surface area contributed by atoms with Crippen molar-refractivity contribution in [3.63, 3.8) is 0 Å². The van der Waals surface area contributed by atoms with Gasteiger partial charge in [-0.05, 0) is 68.0 Å². The lowest BCUT2D eigenvalue weighted by Gasteiger charge is -2.30. The number of nitrogens with one attached hydrogen (secondary N) is 2. The maximum atomic E-state index is 12.5. The number of carbonyl (C=O) groups is 1. The molecule has 0 bridgehead atoms. The Bertz CT molecular complexity index is 1660. The van der Waals surface area contributed by atoms with Crippen LogP contribution >= 0.6 is 23.1 Å². The minimum absolute atomic E-state index is 0.0701. The lowest BCUT2D eigenvalue weighted by atomic mass is 10.0. The second-order valence-electron chi connectivity index (χ2n) is 10.3. The molecular weight excluding hydrogens is 546 g/mol. The number of benzene rings is 1. The number of imidazole rings is 1. The molecule has 1 atom stereocenters. The van der Waals surface area contributed by atoms with Crippen LogP contribution in [0.4, 0.5) is 16.5 Å². The summed E-state index contributed by atoms with van der Waals surface area (Å²) in [4.78, 5) is 24.4. The Morgan fingerprint density at radius 2 is 2.12 bits per heavy atom. The minimum Gasteiger partial charge on any atom is -0.328 e. The third-order valence-electron chi connectivity index (χ3n) is 6.88. The number of nitrogens with zero attached hydrogens (tertiary/aromatic N) is 7. The SMILES string of the molecule is Cc1cn2c(-c3cnn(CC(=O)Nc4cccc(Cl)c4)c3)cnc2c(Nc2cc(CN3CCCC(C)C3)ns2)n1. The fourth-order valence-electron chi connectivity index (χ4n) is 5.12. The first-order valence-electron chi connectivity index (χ1n) is 13.3. The zero-order chi connectivity index (χ0) is 27.6. The highest BCUT2D eigenvalue weighted by atomic mass is 35.5. The fourth-order valence-corrected chi connectivity index (χ4v) is 5.97.